The van der Waals surface area contributed by atoms with Gasteiger partial charge in [-0.15, -0.1) is 0 Å². The number of hydrogen-bond acceptors (Lipinski definition) is 4. The highest BCUT2D eigenvalue weighted by atomic mass is 32.2. The van der Waals surface area contributed by atoms with E-state index in [0.717, 1.165) is 25.9 Å². The lowest BCUT2D eigenvalue weighted by Gasteiger charge is -2.33. The Bertz CT molecular complexity index is 762. The molecule has 2 heterocycles. The third-order valence-electron chi connectivity index (χ3n) is 5.72. The Balaban J connectivity index is 1.65. The molecule has 0 bridgehead atoms. The highest BCUT2D eigenvalue weighted by molar-refractivity contribution is 7.89. The first-order valence-electron chi connectivity index (χ1n) is 9.87. The summed E-state index contributed by atoms with van der Waals surface area (Å²) in [7, 11) is -1.98. The van der Waals surface area contributed by atoms with E-state index in [0.29, 0.717) is 42.1 Å². The number of ether oxygens (including phenoxy) is 1. The summed E-state index contributed by atoms with van der Waals surface area (Å²) in [6.45, 7) is 4.28. The van der Waals surface area contributed by atoms with Gasteiger partial charge in [0.15, 0.2) is 0 Å². The second-order valence-corrected chi connectivity index (χ2v) is 9.46. The minimum absolute atomic E-state index is 0.0495. The van der Waals surface area contributed by atoms with Gasteiger partial charge in [-0.05, 0) is 56.4 Å². The first-order valence-corrected chi connectivity index (χ1v) is 11.3. The predicted octanol–water partition coefficient (Wildman–Crippen LogP) is 2.81. The molecule has 1 aromatic carbocycles. The van der Waals surface area contributed by atoms with Crippen molar-refractivity contribution in [3.05, 3.63) is 23.8 Å². The van der Waals surface area contributed by atoms with Crippen LogP contribution in [0.2, 0.25) is 0 Å². The van der Waals surface area contributed by atoms with Crippen molar-refractivity contribution >= 4 is 15.9 Å². The van der Waals surface area contributed by atoms with Crippen LogP contribution in [0.15, 0.2) is 23.1 Å². The van der Waals surface area contributed by atoms with Gasteiger partial charge in [0, 0.05) is 32.1 Å². The molecule has 2 aliphatic heterocycles. The number of aryl methyl sites for hydroxylation is 1. The van der Waals surface area contributed by atoms with Crippen molar-refractivity contribution in [2.24, 2.45) is 5.92 Å². The van der Waals surface area contributed by atoms with Crippen molar-refractivity contribution in [1.29, 1.82) is 0 Å². The predicted molar refractivity (Wildman–Crippen MR) is 104 cm³/mol. The summed E-state index contributed by atoms with van der Waals surface area (Å²) in [4.78, 5) is 15.1. The molecule has 0 unspecified atom stereocenters. The number of carbonyl (C=O) groups is 1. The number of piperidine rings is 1. The average molecular weight is 395 g/mol. The lowest BCUT2D eigenvalue weighted by molar-refractivity contribution is -0.136. The van der Waals surface area contributed by atoms with Crippen molar-refractivity contribution in [3.8, 4) is 5.75 Å². The van der Waals surface area contributed by atoms with E-state index in [2.05, 4.69) is 0 Å². The van der Waals surface area contributed by atoms with Crippen molar-refractivity contribution in [3.63, 3.8) is 0 Å². The van der Waals surface area contributed by atoms with Crippen LogP contribution in [0.3, 0.4) is 0 Å². The maximum Gasteiger partial charge on any atom is 0.243 e. The SMILES string of the molecule is COc1ccc(S(=O)(=O)N2CCC(C(=O)N3CCCCCC3)CC2)c(C)c1. The number of benzene rings is 1. The summed E-state index contributed by atoms with van der Waals surface area (Å²) in [5.41, 5.74) is 0.678. The second kappa shape index (κ2) is 8.61. The minimum Gasteiger partial charge on any atom is -0.497 e. The van der Waals surface area contributed by atoms with Gasteiger partial charge in [0.2, 0.25) is 15.9 Å². The summed E-state index contributed by atoms with van der Waals surface area (Å²) in [6, 6.07) is 5.02. The molecule has 3 rings (SSSR count). The quantitative estimate of drug-likeness (QED) is 0.788. The Morgan fingerprint density at radius 2 is 1.67 bits per heavy atom. The van der Waals surface area contributed by atoms with E-state index >= 15 is 0 Å². The van der Waals surface area contributed by atoms with Crippen LogP contribution in [-0.2, 0) is 14.8 Å². The molecule has 6 nitrogen and oxygen atoms in total. The van der Waals surface area contributed by atoms with Gasteiger partial charge >= 0.3 is 0 Å². The number of carbonyl (C=O) groups excluding carboxylic acids is 1. The molecular formula is C20H30N2O4S. The molecule has 0 atom stereocenters. The summed E-state index contributed by atoms with van der Waals surface area (Å²) < 4.78 is 32.7. The van der Waals surface area contributed by atoms with E-state index in [1.807, 2.05) is 4.90 Å². The monoisotopic (exact) mass is 394 g/mol. The number of likely N-dealkylation sites (tertiary alicyclic amines) is 1. The zero-order chi connectivity index (χ0) is 19.4. The Morgan fingerprint density at radius 1 is 1.04 bits per heavy atom. The largest absolute Gasteiger partial charge is 0.497 e. The van der Waals surface area contributed by atoms with Gasteiger partial charge in [-0.2, -0.15) is 4.31 Å². The average Bonchev–Trinajstić information content (AvgIpc) is 2.96. The first kappa shape index (κ1) is 20.1. The van der Waals surface area contributed by atoms with Crippen molar-refractivity contribution in [2.45, 2.75) is 50.3 Å². The van der Waals surface area contributed by atoms with E-state index < -0.39 is 10.0 Å². The van der Waals surface area contributed by atoms with Crippen LogP contribution in [0.5, 0.6) is 5.75 Å². The smallest absolute Gasteiger partial charge is 0.243 e. The molecule has 7 heteroatoms. The molecule has 2 aliphatic rings. The summed E-state index contributed by atoms with van der Waals surface area (Å²) in [5, 5.41) is 0. The van der Waals surface area contributed by atoms with Crippen molar-refractivity contribution in [2.75, 3.05) is 33.3 Å². The van der Waals surface area contributed by atoms with Gasteiger partial charge in [-0.1, -0.05) is 12.8 Å². The van der Waals surface area contributed by atoms with Crippen LogP contribution in [-0.4, -0.2) is 56.8 Å². The third kappa shape index (κ3) is 4.46. The topological polar surface area (TPSA) is 66.9 Å². The van der Waals surface area contributed by atoms with Gasteiger partial charge in [0.05, 0.1) is 12.0 Å². The van der Waals surface area contributed by atoms with Crippen LogP contribution in [0, 0.1) is 12.8 Å². The Kier molecular flexibility index (Phi) is 6.42. The summed E-state index contributed by atoms with van der Waals surface area (Å²) in [6.07, 6.45) is 5.75. The Labute approximate surface area is 162 Å². The van der Waals surface area contributed by atoms with Gasteiger partial charge in [-0.25, -0.2) is 8.42 Å². The van der Waals surface area contributed by atoms with E-state index in [1.54, 1.807) is 32.2 Å². The molecular weight excluding hydrogens is 364 g/mol. The fraction of sp³-hybridized carbons (Fsp3) is 0.650. The van der Waals surface area contributed by atoms with Gasteiger partial charge in [-0.3, -0.25) is 4.79 Å². The lowest BCUT2D eigenvalue weighted by atomic mass is 9.96. The molecule has 27 heavy (non-hydrogen) atoms. The maximum atomic E-state index is 13.0. The summed E-state index contributed by atoms with van der Waals surface area (Å²) in [5.74, 6) is 0.814. The standard InChI is InChI=1S/C20H30N2O4S/c1-16-15-18(26-2)7-8-19(16)27(24,25)22-13-9-17(10-14-22)20(23)21-11-5-3-4-6-12-21/h7-8,15,17H,3-6,9-14H2,1-2H3. The van der Waals surface area contributed by atoms with Gasteiger partial charge in [0.25, 0.3) is 0 Å². The molecule has 2 saturated heterocycles. The molecule has 0 N–H and O–H groups in total. The van der Waals surface area contributed by atoms with E-state index in [-0.39, 0.29) is 11.8 Å². The van der Waals surface area contributed by atoms with Crippen LogP contribution >= 0.6 is 0 Å². The molecule has 150 valence electrons. The van der Waals surface area contributed by atoms with Crippen molar-refractivity contribution < 1.29 is 17.9 Å². The highest BCUT2D eigenvalue weighted by Crippen LogP contribution is 2.28. The number of nitrogens with zero attached hydrogens (tertiary/aromatic N) is 2. The Morgan fingerprint density at radius 3 is 2.22 bits per heavy atom. The lowest BCUT2D eigenvalue weighted by Crippen LogP contribution is -2.44. The molecule has 0 aliphatic carbocycles. The van der Waals surface area contributed by atoms with Crippen LogP contribution in [0.1, 0.15) is 44.1 Å². The molecule has 0 radical (unpaired) electrons. The zero-order valence-corrected chi connectivity index (χ0v) is 17.1. The highest BCUT2D eigenvalue weighted by Gasteiger charge is 2.34. The zero-order valence-electron chi connectivity index (χ0n) is 16.3. The fourth-order valence-corrected chi connectivity index (χ4v) is 5.75. The minimum atomic E-state index is -3.54. The summed E-state index contributed by atoms with van der Waals surface area (Å²) >= 11 is 0. The molecule has 0 saturated carbocycles. The number of methoxy groups -OCH3 is 1. The fourth-order valence-electron chi connectivity index (χ4n) is 4.07. The number of amides is 1. The molecule has 1 aromatic rings. The van der Waals surface area contributed by atoms with Crippen LogP contribution in [0.25, 0.3) is 0 Å². The molecule has 0 spiro atoms. The van der Waals surface area contributed by atoms with E-state index in [9.17, 15) is 13.2 Å². The van der Waals surface area contributed by atoms with E-state index in [4.69, 9.17) is 4.74 Å². The van der Waals surface area contributed by atoms with Gasteiger partial charge in [0.1, 0.15) is 5.75 Å². The third-order valence-corrected chi connectivity index (χ3v) is 7.78. The number of hydrogen-bond donors (Lipinski definition) is 0. The maximum absolute atomic E-state index is 13.0. The van der Waals surface area contributed by atoms with Crippen LogP contribution < -0.4 is 4.74 Å². The van der Waals surface area contributed by atoms with Gasteiger partial charge < -0.3 is 9.64 Å². The van der Waals surface area contributed by atoms with Crippen molar-refractivity contribution in [1.82, 2.24) is 9.21 Å². The number of sulfonamides is 1. The number of rotatable bonds is 4. The van der Waals surface area contributed by atoms with Crippen LogP contribution in [0.4, 0.5) is 0 Å². The molecule has 1 amide bonds. The molecule has 2 fully saturated rings. The normalized spacial score (nSPS) is 20.3. The first-order chi connectivity index (χ1) is 12.9. The van der Waals surface area contributed by atoms with E-state index in [1.165, 1.54) is 17.1 Å². The second-order valence-electron chi connectivity index (χ2n) is 7.55. The Hall–Kier alpha value is -1.60. The molecule has 0 aromatic heterocycles.